The summed E-state index contributed by atoms with van der Waals surface area (Å²) in [6.45, 7) is 4.07. The molecule has 0 heterocycles. The van der Waals surface area contributed by atoms with Crippen LogP contribution in [0.5, 0.6) is 5.75 Å². The Balaban J connectivity index is 1.88. The monoisotopic (exact) mass is 458 g/mol. The minimum Gasteiger partial charge on any atom is -0.495 e. The number of methoxy groups -OCH3 is 1. The largest absolute Gasteiger partial charge is 0.495 e. The molecule has 0 aliphatic carbocycles. The van der Waals surface area contributed by atoms with E-state index in [1.165, 1.54) is 31.4 Å². The molecular weight excluding hydrogens is 436 g/mol. The van der Waals surface area contributed by atoms with Gasteiger partial charge in [0, 0.05) is 16.3 Å². The van der Waals surface area contributed by atoms with Crippen molar-refractivity contribution < 1.29 is 17.9 Å². The van der Waals surface area contributed by atoms with Crippen LogP contribution in [-0.2, 0) is 10.0 Å². The Morgan fingerprint density at radius 3 is 2.42 bits per heavy atom. The quantitative estimate of drug-likeness (QED) is 0.487. The van der Waals surface area contributed by atoms with E-state index in [9.17, 15) is 13.2 Å². The summed E-state index contributed by atoms with van der Waals surface area (Å²) in [7, 11) is -2.55. The van der Waals surface area contributed by atoms with E-state index in [1.54, 1.807) is 18.2 Å². The molecule has 0 saturated carbocycles. The first kappa shape index (κ1) is 22.7. The molecular formula is C23H23ClN2O4S. The van der Waals surface area contributed by atoms with E-state index in [1.807, 2.05) is 38.1 Å². The maximum absolute atomic E-state index is 12.9. The summed E-state index contributed by atoms with van der Waals surface area (Å²) >= 11 is 5.98. The molecule has 0 aliphatic heterocycles. The van der Waals surface area contributed by atoms with Gasteiger partial charge in [0.25, 0.3) is 15.9 Å². The highest BCUT2D eigenvalue weighted by atomic mass is 35.5. The molecule has 0 bridgehead atoms. The normalized spacial score (nSPS) is 11.3. The lowest BCUT2D eigenvalue weighted by Gasteiger charge is -2.15. The Labute approximate surface area is 187 Å². The van der Waals surface area contributed by atoms with Crippen LogP contribution < -0.4 is 14.8 Å². The molecule has 0 radical (unpaired) electrons. The lowest BCUT2D eigenvalue weighted by atomic mass is 10.0. The molecule has 6 nitrogen and oxygen atoms in total. The lowest BCUT2D eigenvalue weighted by Crippen LogP contribution is -2.17. The van der Waals surface area contributed by atoms with E-state index in [0.29, 0.717) is 16.5 Å². The predicted molar refractivity (Wildman–Crippen MR) is 124 cm³/mol. The number of halogens is 1. The Morgan fingerprint density at radius 2 is 1.71 bits per heavy atom. The van der Waals surface area contributed by atoms with Crippen LogP contribution in [0.1, 0.15) is 35.7 Å². The van der Waals surface area contributed by atoms with Crippen LogP contribution in [0.3, 0.4) is 0 Å². The van der Waals surface area contributed by atoms with Crippen molar-refractivity contribution in [1.29, 1.82) is 0 Å². The number of hydrogen-bond donors (Lipinski definition) is 2. The highest BCUT2D eigenvalue weighted by Crippen LogP contribution is 2.30. The first-order valence-corrected chi connectivity index (χ1v) is 11.4. The van der Waals surface area contributed by atoms with Gasteiger partial charge in [-0.2, -0.15) is 0 Å². The van der Waals surface area contributed by atoms with Gasteiger partial charge in [-0.1, -0.05) is 49.7 Å². The summed E-state index contributed by atoms with van der Waals surface area (Å²) in [6.07, 6.45) is 0. The number of ether oxygens (including phenoxy) is 1. The Hall–Kier alpha value is -3.03. The number of hydrogen-bond acceptors (Lipinski definition) is 4. The smallest absolute Gasteiger partial charge is 0.262 e. The number of benzene rings is 3. The summed E-state index contributed by atoms with van der Waals surface area (Å²) in [5.74, 6) is 0.151. The third-order valence-electron chi connectivity index (χ3n) is 4.64. The van der Waals surface area contributed by atoms with Crippen molar-refractivity contribution in [2.75, 3.05) is 17.1 Å². The summed E-state index contributed by atoms with van der Waals surface area (Å²) < 4.78 is 33.5. The minimum absolute atomic E-state index is 0.0562. The molecule has 0 aromatic heterocycles. The highest BCUT2D eigenvalue weighted by molar-refractivity contribution is 7.92. The molecule has 1 amide bonds. The summed E-state index contributed by atoms with van der Waals surface area (Å²) in [6, 6.07) is 18.0. The van der Waals surface area contributed by atoms with E-state index >= 15 is 0 Å². The minimum atomic E-state index is -3.98. The molecule has 3 aromatic rings. The van der Waals surface area contributed by atoms with Crippen LogP contribution in [0.2, 0.25) is 5.02 Å². The van der Waals surface area contributed by atoms with Gasteiger partial charge in [-0.3, -0.25) is 9.52 Å². The number of carbonyl (C=O) groups excluding carboxylic acids is 1. The van der Waals surface area contributed by atoms with E-state index < -0.39 is 15.9 Å². The first-order chi connectivity index (χ1) is 14.7. The number of anilines is 2. The van der Waals surface area contributed by atoms with Crippen LogP contribution in [-0.4, -0.2) is 21.4 Å². The number of nitrogens with one attached hydrogen (secondary N) is 2. The molecule has 3 aromatic carbocycles. The number of sulfonamides is 1. The second kappa shape index (κ2) is 9.41. The van der Waals surface area contributed by atoms with E-state index in [4.69, 9.17) is 16.3 Å². The second-order valence-electron chi connectivity index (χ2n) is 7.17. The fraction of sp³-hybridized carbons (Fsp3) is 0.174. The van der Waals surface area contributed by atoms with Crippen molar-refractivity contribution in [1.82, 2.24) is 0 Å². The van der Waals surface area contributed by atoms with E-state index in [0.717, 1.165) is 5.56 Å². The van der Waals surface area contributed by atoms with Gasteiger partial charge in [0.05, 0.1) is 17.7 Å². The van der Waals surface area contributed by atoms with Gasteiger partial charge in [0.15, 0.2) is 0 Å². The third kappa shape index (κ3) is 5.37. The van der Waals surface area contributed by atoms with Crippen LogP contribution in [0, 0.1) is 0 Å². The van der Waals surface area contributed by atoms with Crippen LogP contribution in [0.15, 0.2) is 71.6 Å². The topological polar surface area (TPSA) is 84.5 Å². The van der Waals surface area contributed by atoms with Crippen molar-refractivity contribution >= 4 is 38.9 Å². The van der Waals surface area contributed by atoms with Crippen LogP contribution >= 0.6 is 11.6 Å². The highest BCUT2D eigenvalue weighted by Gasteiger charge is 2.19. The zero-order chi connectivity index (χ0) is 22.6. The molecule has 162 valence electrons. The maximum Gasteiger partial charge on any atom is 0.262 e. The Bertz CT molecular complexity index is 1210. The Kier molecular flexibility index (Phi) is 6.87. The van der Waals surface area contributed by atoms with Crippen molar-refractivity contribution in [3.8, 4) is 5.75 Å². The number of para-hydroxylation sites is 1. The van der Waals surface area contributed by atoms with E-state index in [-0.39, 0.29) is 22.1 Å². The van der Waals surface area contributed by atoms with E-state index in [2.05, 4.69) is 10.0 Å². The molecule has 31 heavy (non-hydrogen) atoms. The first-order valence-electron chi connectivity index (χ1n) is 9.58. The van der Waals surface area contributed by atoms with Gasteiger partial charge in [-0.25, -0.2) is 8.42 Å². The van der Waals surface area contributed by atoms with Gasteiger partial charge in [0.1, 0.15) is 5.75 Å². The molecule has 3 rings (SSSR count). The third-order valence-corrected chi connectivity index (χ3v) is 6.24. The zero-order valence-corrected chi connectivity index (χ0v) is 18.9. The lowest BCUT2D eigenvalue weighted by molar-refractivity contribution is 0.102. The number of rotatable bonds is 7. The van der Waals surface area contributed by atoms with Crippen LogP contribution in [0.25, 0.3) is 0 Å². The standard InChI is InChI=1S/C23H23ClN2O4S/c1-15(2)19-9-4-5-10-20(19)25-23(27)16-7-6-8-18(13-16)31(28,29)26-21-14-17(24)11-12-22(21)30-3/h4-15,26H,1-3H3,(H,25,27). The van der Waals surface area contributed by atoms with Gasteiger partial charge in [-0.05, 0) is 53.9 Å². The average molecular weight is 459 g/mol. The fourth-order valence-electron chi connectivity index (χ4n) is 3.08. The van der Waals surface area contributed by atoms with Crippen molar-refractivity contribution in [2.24, 2.45) is 0 Å². The molecule has 0 aliphatic rings. The zero-order valence-electron chi connectivity index (χ0n) is 17.3. The molecule has 2 N–H and O–H groups in total. The van der Waals surface area contributed by atoms with Gasteiger partial charge in [0.2, 0.25) is 0 Å². The summed E-state index contributed by atoms with van der Waals surface area (Å²) in [5.41, 5.74) is 2.11. The van der Waals surface area contributed by atoms with Gasteiger partial charge in [-0.15, -0.1) is 0 Å². The molecule has 0 saturated heterocycles. The van der Waals surface area contributed by atoms with Crippen molar-refractivity contribution in [3.63, 3.8) is 0 Å². The summed E-state index contributed by atoms with van der Waals surface area (Å²) in [4.78, 5) is 12.8. The molecule has 0 fully saturated rings. The molecule has 0 atom stereocenters. The number of carbonyl (C=O) groups is 1. The predicted octanol–water partition coefficient (Wildman–Crippen LogP) is 5.53. The maximum atomic E-state index is 12.9. The Morgan fingerprint density at radius 1 is 0.968 bits per heavy atom. The van der Waals surface area contributed by atoms with Crippen molar-refractivity contribution in [3.05, 3.63) is 82.9 Å². The molecule has 8 heteroatoms. The SMILES string of the molecule is COc1ccc(Cl)cc1NS(=O)(=O)c1cccc(C(=O)Nc2ccccc2C(C)C)c1. The molecule has 0 unspecified atom stereocenters. The van der Waals surface area contributed by atoms with Gasteiger partial charge < -0.3 is 10.1 Å². The fourth-order valence-corrected chi connectivity index (χ4v) is 4.36. The van der Waals surface area contributed by atoms with Gasteiger partial charge >= 0.3 is 0 Å². The van der Waals surface area contributed by atoms with Crippen LogP contribution in [0.4, 0.5) is 11.4 Å². The second-order valence-corrected chi connectivity index (χ2v) is 9.29. The molecule has 0 spiro atoms. The summed E-state index contributed by atoms with van der Waals surface area (Å²) in [5, 5.41) is 3.23. The van der Waals surface area contributed by atoms with Crippen molar-refractivity contribution in [2.45, 2.75) is 24.7 Å². The average Bonchev–Trinajstić information content (AvgIpc) is 2.74. The number of amides is 1.